The van der Waals surface area contributed by atoms with Gasteiger partial charge in [0.25, 0.3) is 0 Å². The number of anilines is 4. The zero-order chi connectivity index (χ0) is 26.3. The van der Waals surface area contributed by atoms with Gasteiger partial charge < -0.3 is 15.1 Å². The molecule has 2 aliphatic heterocycles. The Morgan fingerprint density at radius 1 is 1.14 bits per heavy atom. The van der Waals surface area contributed by atoms with Crippen molar-refractivity contribution in [2.75, 3.05) is 46.8 Å². The van der Waals surface area contributed by atoms with Gasteiger partial charge in [0.1, 0.15) is 33.5 Å². The number of alkyl halides is 1. The highest BCUT2D eigenvalue weighted by Gasteiger charge is 2.39. The molecule has 2 saturated heterocycles. The number of aromatic nitrogens is 4. The number of piperidine rings is 1. The van der Waals surface area contributed by atoms with Gasteiger partial charge in [0, 0.05) is 55.3 Å². The van der Waals surface area contributed by atoms with Crippen LogP contribution in [0.15, 0.2) is 30.7 Å². The topological polar surface area (TPSA) is 104 Å². The fourth-order valence-electron chi connectivity index (χ4n) is 5.26. The Morgan fingerprint density at radius 3 is 2.65 bits per heavy atom. The molecule has 37 heavy (non-hydrogen) atoms. The monoisotopic (exact) mass is 527 g/mol. The number of pyridine rings is 2. The number of hydrogen-bond acceptors (Lipinski definition) is 9. The first-order chi connectivity index (χ1) is 17.6. The van der Waals surface area contributed by atoms with E-state index in [0.29, 0.717) is 37.1 Å². The van der Waals surface area contributed by atoms with Crippen LogP contribution in [0.25, 0.3) is 10.8 Å². The largest absolute Gasteiger partial charge is 0.353 e. The third-order valence-corrected chi connectivity index (χ3v) is 8.38. The van der Waals surface area contributed by atoms with E-state index in [1.807, 2.05) is 30.3 Å². The summed E-state index contributed by atoms with van der Waals surface area (Å²) in [7, 11) is -3.03. The van der Waals surface area contributed by atoms with Crippen molar-refractivity contribution in [3.63, 3.8) is 0 Å². The summed E-state index contributed by atoms with van der Waals surface area (Å²) in [5.74, 6) is 3.10. The Kier molecular flexibility index (Phi) is 6.91. The van der Waals surface area contributed by atoms with Gasteiger partial charge in [-0.25, -0.2) is 27.8 Å². The molecule has 5 heterocycles. The number of nitrogens with one attached hydrogen (secondary N) is 1. The second-order valence-electron chi connectivity index (χ2n) is 10.6. The van der Waals surface area contributed by atoms with Gasteiger partial charge in [-0.3, -0.25) is 0 Å². The fraction of sp³-hybridized carbons (Fsp3) is 0.538. The van der Waals surface area contributed by atoms with Crippen LogP contribution in [0.4, 0.5) is 27.8 Å². The fourth-order valence-corrected chi connectivity index (χ4v) is 6.42. The molecule has 0 radical (unpaired) electrons. The van der Waals surface area contributed by atoms with Gasteiger partial charge in [-0.05, 0) is 48.8 Å². The van der Waals surface area contributed by atoms with Crippen LogP contribution in [0.2, 0.25) is 0 Å². The number of fused-ring (bicyclic) bond motifs is 1. The van der Waals surface area contributed by atoms with Crippen molar-refractivity contribution in [2.24, 2.45) is 5.92 Å². The predicted octanol–water partition coefficient (Wildman–Crippen LogP) is 4.09. The quantitative estimate of drug-likeness (QED) is 0.486. The average Bonchev–Trinajstić information content (AvgIpc) is 2.85. The molecular weight excluding hydrogens is 493 g/mol. The lowest BCUT2D eigenvalue weighted by Crippen LogP contribution is -2.57. The molecule has 2 fully saturated rings. The van der Waals surface area contributed by atoms with E-state index in [1.54, 1.807) is 12.3 Å². The predicted molar refractivity (Wildman–Crippen MR) is 145 cm³/mol. The SMILES string of the molecule is CC(C)c1cnc(N2C[C@H](CS(C)(=O)=O)[C@H]2C)c2cnc(Nc3ccnc(N4CCC[C@H](F)C4)n3)cc12. The molecule has 11 heteroatoms. The molecule has 0 amide bonds. The van der Waals surface area contributed by atoms with Crippen LogP contribution in [0, 0.1) is 5.92 Å². The summed E-state index contributed by atoms with van der Waals surface area (Å²) >= 11 is 0. The summed E-state index contributed by atoms with van der Waals surface area (Å²) in [6.45, 7) is 8.01. The van der Waals surface area contributed by atoms with Crippen molar-refractivity contribution in [1.29, 1.82) is 0 Å². The van der Waals surface area contributed by atoms with Crippen molar-refractivity contribution in [2.45, 2.75) is 51.7 Å². The van der Waals surface area contributed by atoms with E-state index < -0.39 is 16.0 Å². The van der Waals surface area contributed by atoms with Crippen LogP contribution in [0.3, 0.4) is 0 Å². The highest BCUT2D eigenvalue weighted by Crippen LogP contribution is 2.38. The van der Waals surface area contributed by atoms with E-state index in [1.165, 1.54) is 6.26 Å². The second kappa shape index (κ2) is 10.00. The van der Waals surface area contributed by atoms with E-state index >= 15 is 0 Å². The summed E-state index contributed by atoms with van der Waals surface area (Å²) in [5, 5.41) is 5.27. The summed E-state index contributed by atoms with van der Waals surface area (Å²) in [4.78, 5) is 22.4. The number of rotatable bonds is 7. The average molecular weight is 528 g/mol. The smallest absolute Gasteiger partial charge is 0.227 e. The molecule has 5 rings (SSSR count). The molecule has 0 saturated carbocycles. The van der Waals surface area contributed by atoms with E-state index in [2.05, 4.69) is 39.0 Å². The minimum Gasteiger partial charge on any atom is -0.353 e. The Labute approximate surface area is 217 Å². The second-order valence-corrected chi connectivity index (χ2v) is 12.8. The minimum absolute atomic E-state index is 0.0753. The normalized spacial score (nSPS) is 22.4. The maximum atomic E-state index is 13.9. The summed E-state index contributed by atoms with van der Waals surface area (Å²) in [5.41, 5.74) is 1.11. The summed E-state index contributed by atoms with van der Waals surface area (Å²) in [6, 6.07) is 3.86. The number of sulfone groups is 1. The van der Waals surface area contributed by atoms with E-state index in [-0.39, 0.29) is 23.6 Å². The molecule has 198 valence electrons. The maximum absolute atomic E-state index is 13.9. The lowest BCUT2D eigenvalue weighted by Gasteiger charge is -2.47. The minimum atomic E-state index is -3.03. The lowest BCUT2D eigenvalue weighted by atomic mass is 9.90. The van der Waals surface area contributed by atoms with Gasteiger partial charge in [-0.2, -0.15) is 4.98 Å². The molecule has 0 bridgehead atoms. The standard InChI is InChI=1S/C26H34FN7O2S/c1-16(2)21-11-30-25(34-13-18(17(34)3)15-37(4,35)36)22-12-29-24(10-20(21)22)31-23-7-8-28-26(32-23)33-9-5-6-19(27)14-33/h7-8,10-12,16-19H,5-6,9,13-15H2,1-4H3,(H,28,29,31,32)/t17-,18-,19+/m1/s1. The van der Waals surface area contributed by atoms with Gasteiger partial charge in [0.15, 0.2) is 0 Å². The van der Waals surface area contributed by atoms with Gasteiger partial charge in [-0.1, -0.05) is 13.8 Å². The molecular formula is C26H34FN7O2S. The third-order valence-electron chi connectivity index (χ3n) is 7.34. The Morgan fingerprint density at radius 2 is 1.95 bits per heavy atom. The Bertz CT molecular complexity index is 1400. The van der Waals surface area contributed by atoms with Crippen LogP contribution >= 0.6 is 0 Å². The molecule has 0 aliphatic carbocycles. The van der Waals surface area contributed by atoms with Crippen LogP contribution in [0.1, 0.15) is 45.1 Å². The Balaban J connectivity index is 1.42. The van der Waals surface area contributed by atoms with Crippen LogP contribution in [-0.4, -0.2) is 72.2 Å². The van der Waals surface area contributed by atoms with Crippen molar-refractivity contribution in [3.05, 3.63) is 36.3 Å². The molecule has 0 spiro atoms. The number of nitrogens with zero attached hydrogens (tertiary/aromatic N) is 6. The van der Waals surface area contributed by atoms with Gasteiger partial charge in [0.05, 0.1) is 12.3 Å². The molecule has 0 aromatic carbocycles. The van der Waals surface area contributed by atoms with Crippen molar-refractivity contribution in [1.82, 2.24) is 19.9 Å². The van der Waals surface area contributed by atoms with Gasteiger partial charge in [0.2, 0.25) is 5.95 Å². The van der Waals surface area contributed by atoms with Crippen LogP contribution in [0.5, 0.6) is 0 Å². The first-order valence-electron chi connectivity index (χ1n) is 12.8. The summed E-state index contributed by atoms with van der Waals surface area (Å²) in [6.07, 6.45) is 7.21. The van der Waals surface area contributed by atoms with Crippen molar-refractivity contribution < 1.29 is 12.8 Å². The lowest BCUT2D eigenvalue weighted by molar-refractivity contribution is 0.285. The molecule has 9 nitrogen and oxygen atoms in total. The van der Waals surface area contributed by atoms with Crippen molar-refractivity contribution in [3.8, 4) is 0 Å². The zero-order valence-electron chi connectivity index (χ0n) is 21.7. The third kappa shape index (κ3) is 5.46. The maximum Gasteiger partial charge on any atom is 0.227 e. The molecule has 1 N–H and O–H groups in total. The van der Waals surface area contributed by atoms with E-state index in [4.69, 9.17) is 4.98 Å². The first-order valence-corrected chi connectivity index (χ1v) is 14.9. The Hall–Kier alpha value is -3.08. The molecule has 3 aromatic heterocycles. The highest BCUT2D eigenvalue weighted by atomic mass is 32.2. The molecule has 0 unspecified atom stereocenters. The first kappa shape index (κ1) is 25.6. The number of hydrogen-bond donors (Lipinski definition) is 1. The van der Waals surface area contributed by atoms with Gasteiger partial charge in [-0.15, -0.1) is 0 Å². The molecule has 2 aliphatic rings. The van der Waals surface area contributed by atoms with Crippen LogP contribution in [-0.2, 0) is 9.84 Å². The zero-order valence-corrected chi connectivity index (χ0v) is 22.5. The number of halogens is 1. The van der Waals surface area contributed by atoms with E-state index in [0.717, 1.165) is 35.1 Å². The molecule has 3 aromatic rings. The van der Waals surface area contributed by atoms with Crippen LogP contribution < -0.4 is 15.1 Å². The van der Waals surface area contributed by atoms with E-state index in [9.17, 15) is 12.8 Å². The molecule has 3 atom stereocenters. The van der Waals surface area contributed by atoms with Crippen molar-refractivity contribution >= 4 is 44.0 Å². The summed E-state index contributed by atoms with van der Waals surface area (Å²) < 4.78 is 37.5. The highest BCUT2D eigenvalue weighted by molar-refractivity contribution is 7.90. The van der Waals surface area contributed by atoms with Gasteiger partial charge >= 0.3 is 0 Å².